The first-order valence-corrected chi connectivity index (χ1v) is 6.46. The monoisotopic (exact) mass is 241 g/mol. The van der Waals surface area contributed by atoms with E-state index in [0.29, 0.717) is 12.5 Å². The fourth-order valence-electron chi connectivity index (χ4n) is 1.33. The van der Waals surface area contributed by atoms with Gasteiger partial charge in [-0.2, -0.15) is 0 Å². The summed E-state index contributed by atoms with van der Waals surface area (Å²) in [5.74, 6) is 0.322. The molecule has 0 aliphatic heterocycles. The van der Waals surface area contributed by atoms with Gasteiger partial charge in [0.05, 0.1) is 6.61 Å². The van der Waals surface area contributed by atoms with E-state index in [4.69, 9.17) is 4.74 Å². The van der Waals surface area contributed by atoms with E-state index in [1.54, 1.807) is 11.3 Å². The molecule has 0 radical (unpaired) electrons. The minimum Gasteiger partial charge on any atom is -0.465 e. The van der Waals surface area contributed by atoms with Crippen molar-refractivity contribution in [2.45, 2.75) is 26.8 Å². The molecule has 0 saturated carbocycles. The Morgan fingerprint density at radius 1 is 1.56 bits per heavy atom. The third-order valence-electron chi connectivity index (χ3n) is 2.08. The van der Waals surface area contributed by atoms with Crippen LogP contribution in [0.2, 0.25) is 0 Å². The molecule has 0 fully saturated rings. The fourth-order valence-corrected chi connectivity index (χ4v) is 2.12. The summed E-state index contributed by atoms with van der Waals surface area (Å²) in [7, 11) is 0. The highest BCUT2D eigenvalue weighted by Crippen LogP contribution is 2.20. The van der Waals surface area contributed by atoms with E-state index in [9.17, 15) is 4.79 Å². The number of carbonyl (C=O) groups is 1. The highest BCUT2D eigenvalue weighted by molar-refractivity contribution is 7.10. The van der Waals surface area contributed by atoms with Crippen molar-refractivity contribution < 1.29 is 9.53 Å². The van der Waals surface area contributed by atoms with E-state index in [0.717, 1.165) is 11.4 Å². The largest absolute Gasteiger partial charge is 0.465 e. The van der Waals surface area contributed by atoms with Crippen molar-refractivity contribution in [2.75, 3.05) is 13.2 Å². The zero-order valence-corrected chi connectivity index (χ0v) is 10.8. The molecule has 1 atom stereocenters. The summed E-state index contributed by atoms with van der Waals surface area (Å²) in [6.07, 6.45) is 0. The van der Waals surface area contributed by atoms with Gasteiger partial charge in [0, 0.05) is 4.88 Å². The summed E-state index contributed by atoms with van der Waals surface area (Å²) in [4.78, 5) is 12.8. The molecular weight excluding hydrogens is 222 g/mol. The van der Waals surface area contributed by atoms with E-state index in [2.05, 4.69) is 19.2 Å². The number of ether oxygens (including phenoxy) is 1. The molecule has 1 aromatic rings. The van der Waals surface area contributed by atoms with Gasteiger partial charge in [-0.05, 0) is 30.8 Å². The molecule has 16 heavy (non-hydrogen) atoms. The first-order valence-electron chi connectivity index (χ1n) is 5.58. The van der Waals surface area contributed by atoms with Gasteiger partial charge in [-0.3, -0.25) is 5.32 Å². The molecule has 1 rings (SSSR count). The second-order valence-electron chi connectivity index (χ2n) is 4.00. The van der Waals surface area contributed by atoms with E-state index >= 15 is 0 Å². The lowest BCUT2D eigenvalue weighted by atomic mass is 10.2. The smallest absolute Gasteiger partial charge is 0.328 e. The Balaban J connectivity index is 2.66. The molecule has 1 heterocycles. The Bertz CT molecular complexity index is 309. The molecule has 0 aromatic carbocycles. The number of esters is 1. The maximum atomic E-state index is 11.8. The number of nitrogens with one attached hydrogen (secondary N) is 1. The van der Waals surface area contributed by atoms with E-state index in [1.807, 2.05) is 24.4 Å². The lowest BCUT2D eigenvalue weighted by Crippen LogP contribution is -2.32. The minimum atomic E-state index is -0.317. The Morgan fingerprint density at radius 3 is 2.81 bits per heavy atom. The van der Waals surface area contributed by atoms with Crippen LogP contribution in [0.3, 0.4) is 0 Å². The second-order valence-corrected chi connectivity index (χ2v) is 4.98. The summed E-state index contributed by atoms with van der Waals surface area (Å²) in [5, 5.41) is 5.21. The first kappa shape index (κ1) is 13.2. The molecule has 0 amide bonds. The zero-order chi connectivity index (χ0) is 12.0. The highest BCUT2D eigenvalue weighted by atomic mass is 32.1. The highest BCUT2D eigenvalue weighted by Gasteiger charge is 2.22. The van der Waals surface area contributed by atoms with Crippen molar-refractivity contribution in [1.29, 1.82) is 0 Å². The summed E-state index contributed by atoms with van der Waals surface area (Å²) in [6, 6.07) is 3.59. The third-order valence-corrected chi connectivity index (χ3v) is 3.02. The summed E-state index contributed by atoms with van der Waals surface area (Å²) < 4.78 is 5.07. The summed E-state index contributed by atoms with van der Waals surface area (Å²) >= 11 is 1.57. The van der Waals surface area contributed by atoms with Crippen LogP contribution >= 0.6 is 11.3 Å². The predicted molar refractivity (Wildman–Crippen MR) is 66.5 cm³/mol. The van der Waals surface area contributed by atoms with E-state index < -0.39 is 0 Å². The molecule has 1 unspecified atom stereocenters. The number of hydrogen-bond acceptors (Lipinski definition) is 4. The summed E-state index contributed by atoms with van der Waals surface area (Å²) in [5.41, 5.74) is 0. The van der Waals surface area contributed by atoms with Gasteiger partial charge < -0.3 is 4.74 Å². The minimum absolute atomic E-state index is 0.189. The SMILES string of the molecule is CCOC(=O)C(NCC(C)C)c1cccs1. The fraction of sp³-hybridized carbons (Fsp3) is 0.583. The van der Waals surface area contributed by atoms with Crippen LogP contribution in [0.4, 0.5) is 0 Å². The molecule has 1 aromatic heterocycles. The molecule has 0 aliphatic carbocycles. The molecule has 90 valence electrons. The van der Waals surface area contributed by atoms with Crippen LogP contribution in [0.15, 0.2) is 17.5 Å². The van der Waals surface area contributed by atoms with Crippen LogP contribution in [0.25, 0.3) is 0 Å². The molecule has 0 spiro atoms. The number of thiophene rings is 1. The van der Waals surface area contributed by atoms with Gasteiger partial charge in [-0.1, -0.05) is 19.9 Å². The zero-order valence-electron chi connectivity index (χ0n) is 10.0. The molecule has 0 bridgehead atoms. The van der Waals surface area contributed by atoms with Crippen LogP contribution in [-0.4, -0.2) is 19.1 Å². The molecule has 4 heteroatoms. The number of rotatable bonds is 6. The normalized spacial score (nSPS) is 12.8. The number of hydrogen-bond donors (Lipinski definition) is 1. The quantitative estimate of drug-likeness (QED) is 0.778. The molecule has 3 nitrogen and oxygen atoms in total. The third kappa shape index (κ3) is 3.94. The lowest BCUT2D eigenvalue weighted by molar-refractivity contribution is -0.145. The molecular formula is C12H19NO2S. The molecule has 0 saturated heterocycles. The van der Waals surface area contributed by atoms with Crippen molar-refractivity contribution in [3.05, 3.63) is 22.4 Å². The van der Waals surface area contributed by atoms with Gasteiger partial charge >= 0.3 is 5.97 Å². The van der Waals surface area contributed by atoms with Gasteiger partial charge in [0.25, 0.3) is 0 Å². The second kappa shape index (κ2) is 6.66. The van der Waals surface area contributed by atoms with Crippen molar-refractivity contribution in [1.82, 2.24) is 5.32 Å². The van der Waals surface area contributed by atoms with Crippen molar-refractivity contribution in [3.8, 4) is 0 Å². The maximum absolute atomic E-state index is 11.8. The summed E-state index contributed by atoms with van der Waals surface area (Å²) in [6.45, 7) is 7.28. The van der Waals surface area contributed by atoms with E-state index in [-0.39, 0.29) is 12.0 Å². The van der Waals surface area contributed by atoms with E-state index in [1.165, 1.54) is 0 Å². The predicted octanol–water partition coefficient (Wildman–Crippen LogP) is 2.60. The van der Waals surface area contributed by atoms with Crippen LogP contribution < -0.4 is 5.32 Å². The van der Waals surface area contributed by atoms with Crippen molar-refractivity contribution >= 4 is 17.3 Å². The standard InChI is InChI=1S/C12H19NO2S/c1-4-15-12(14)11(13-8-9(2)3)10-6-5-7-16-10/h5-7,9,11,13H,4,8H2,1-3H3. The van der Waals surface area contributed by atoms with Crippen LogP contribution in [0, 0.1) is 5.92 Å². The molecule has 0 aliphatic rings. The Hall–Kier alpha value is -0.870. The van der Waals surface area contributed by atoms with Gasteiger partial charge in [0.1, 0.15) is 6.04 Å². The Morgan fingerprint density at radius 2 is 2.31 bits per heavy atom. The lowest BCUT2D eigenvalue weighted by Gasteiger charge is -2.17. The van der Waals surface area contributed by atoms with Gasteiger partial charge in [-0.15, -0.1) is 11.3 Å². The van der Waals surface area contributed by atoms with Crippen molar-refractivity contribution in [2.24, 2.45) is 5.92 Å². The maximum Gasteiger partial charge on any atom is 0.328 e. The van der Waals surface area contributed by atoms with Crippen LogP contribution in [0.1, 0.15) is 31.7 Å². The average Bonchev–Trinajstić information content (AvgIpc) is 2.71. The number of carbonyl (C=O) groups excluding carboxylic acids is 1. The average molecular weight is 241 g/mol. The van der Waals surface area contributed by atoms with Gasteiger partial charge in [0.15, 0.2) is 0 Å². The molecule has 1 N–H and O–H groups in total. The first-order chi connectivity index (χ1) is 7.65. The van der Waals surface area contributed by atoms with Gasteiger partial charge in [-0.25, -0.2) is 4.79 Å². The van der Waals surface area contributed by atoms with Crippen molar-refractivity contribution in [3.63, 3.8) is 0 Å². The van der Waals surface area contributed by atoms with Gasteiger partial charge in [0.2, 0.25) is 0 Å². The topological polar surface area (TPSA) is 38.3 Å². The Kier molecular flexibility index (Phi) is 5.49. The van der Waals surface area contributed by atoms with Crippen LogP contribution in [0.5, 0.6) is 0 Å². The Labute approximate surface area is 101 Å². The van der Waals surface area contributed by atoms with Crippen LogP contribution in [-0.2, 0) is 9.53 Å².